The van der Waals surface area contributed by atoms with Crippen LogP contribution >= 0.6 is 0 Å². The van der Waals surface area contributed by atoms with Crippen LogP contribution in [0, 0.1) is 0 Å². The van der Waals surface area contributed by atoms with Crippen LogP contribution in [-0.4, -0.2) is 4.57 Å². The lowest BCUT2D eigenvalue weighted by Crippen LogP contribution is -2.09. The molecule has 0 atom stereocenters. The average molecular weight is 855 g/mol. The van der Waals surface area contributed by atoms with Gasteiger partial charge in [-0.2, -0.15) is 0 Å². The molecule has 0 spiro atoms. The molecule has 0 saturated carbocycles. The SMILES string of the molecule is c1ccc(-c2cccc(-c3ccc(N(c4ccc(-c5ccc6c(c5)oc5ccccc56)cc4)c4ccc(-c5ccc6c7ccc8ccccc8c7n(-c7ccccc7)c6c5)cc4)cc3)c2)cc1. The van der Waals surface area contributed by atoms with Gasteiger partial charge in [-0.05, 0) is 129 Å². The number of hydrogen-bond acceptors (Lipinski definition) is 2. The molecule has 0 unspecified atom stereocenters. The minimum atomic E-state index is 0.896. The third-order valence-corrected chi connectivity index (χ3v) is 13.4. The summed E-state index contributed by atoms with van der Waals surface area (Å²) in [5.41, 5.74) is 18.0. The fourth-order valence-corrected chi connectivity index (χ4v) is 10.1. The maximum absolute atomic E-state index is 6.27. The molecular formula is C64H42N2O. The molecule has 3 heteroatoms. The largest absolute Gasteiger partial charge is 0.456 e. The average Bonchev–Trinajstić information content (AvgIpc) is 3.95. The highest BCUT2D eigenvalue weighted by atomic mass is 16.3. The zero-order chi connectivity index (χ0) is 44.3. The second kappa shape index (κ2) is 16.0. The molecule has 11 aromatic carbocycles. The van der Waals surface area contributed by atoms with Crippen LogP contribution in [0.4, 0.5) is 17.1 Å². The summed E-state index contributed by atoms with van der Waals surface area (Å²) in [6.07, 6.45) is 0. The third-order valence-electron chi connectivity index (χ3n) is 13.4. The van der Waals surface area contributed by atoms with E-state index in [2.05, 4.69) is 252 Å². The summed E-state index contributed by atoms with van der Waals surface area (Å²) in [5, 5.41) is 7.26. The first kappa shape index (κ1) is 38.5. The zero-order valence-electron chi connectivity index (χ0n) is 36.6. The molecule has 0 radical (unpaired) electrons. The van der Waals surface area contributed by atoms with Crippen LogP contribution in [0.1, 0.15) is 0 Å². The van der Waals surface area contributed by atoms with Gasteiger partial charge in [-0.3, -0.25) is 0 Å². The summed E-state index contributed by atoms with van der Waals surface area (Å²) < 4.78 is 8.71. The van der Waals surface area contributed by atoms with E-state index in [1.807, 2.05) is 12.1 Å². The maximum Gasteiger partial charge on any atom is 0.136 e. The summed E-state index contributed by atoms with van der Waals surface area (Å²) in [4.78, 5) is 2.35. The highest BCUT2D eigenvalue weighted by molar-refractivity contribution is 6.19. The van der Waals surface area contributed by atoms with Crippen LogP contribution in [0.2, 0.25) is 0 Å². The van der Waals surface area contributed by atoms with Crippen LogP contribution in [0.15, 0.2) is 259 Å². The maximum atomic E-state index is 6.27. The number of para-hydroxylation sites is 2. The second-order valence-electron chi connectivity index (χ2n) is 17.3. The van der Waals surface area contributed by atoms with Crippen molar-refractivity contribution in [1.29, 1.82) is 0 Å². The Bertz CT molecular complexity index is 3940. The molecule has 0 aliphatic carbocycles. The molecule has 0 saturated heterocycles. The number of aromatic nitrogens is 1. The van der Waals surface area contributed by atoms with Crippen LogP contribution in [0.25, 0.3) is 105 Å². The van der Waals surface area contributed by atoms with Crippen molar-refractivity contribution in [3.8, 4) is 50.2 Å². The Morgan fingerprint density at radius 2 is 0.746 bits per heavy atom. The molecule has 0 aliphatic heterocycles. The fraction of sp³-hybridized carbons (Fsp3) is 0. The number of rotatable bonds is 8. The summed E-state index contributed by atoms with van der Waals surface area (Å²) in [6, 6.07) is 91.9. The summed E-state index contributed by atoms with van der Waals surface area (Å²) in [7, 11) is 0. The number of furan rings is 1. The van der Waals surface area contributed by atoms with Crippen LogP contribution in [-0.2, 0) is 0 Å². The van der Waals surface area contributed by atoms with Crippen LogP contribution in [0.3, 0.4) is 0 Å². The van der Waals surface area contributed by atoms with E-state index in [4.69, 9.17) is 4.42 Å². The number of benzene rings is 11. The van der Waals surface area contributed by atoms with Gasteiger partial charge in [0.15, 0.2) is 0 Å². The van der Waals surface area contributed by atoms with Gasteiger partial charge >= 0.3 is 0 Å². The molecule has 0 bridgehead atoms. The highest BCUT2D eigenvalue weighted by Crippen LogP contribution is 2.41. The van der Waals surface area contributed by atoms with Gasteiger partial charge in [-0.25, -0.2) is 0 Å². The monoisotopic (exact) mass is 854 g/mol. The van der Waals surface area contributed by atoms with E-state index < -0.39 is 0 Å². The Kier molecular flexibility index (Phi) is 9.17. The normalized spacial score (nSPS) is 11.6. The lowest BCUT2D eigenvalue weighted by molar-refractivity contribution is 0.669. The van der Waals surface area contributed by atoms with Crippen molar-refractivity contribution >= 4 is 71.6 Å². The zero-order valence-corrected chi connectivity index (χ0v) is 36.6. The van der Waals surface area contributed by atoms with Crippen molar-refractivity contribution in [2.45, 2.75) is 0 Å². The van der Waals surface area contributed by atoms with Crippen LogP contribution in [0.5, 0.6) is 0 Å². The van der Waals surface area contributed by atoms with Gasteiger partial charge in [-0.15, -0.1) is 0 Å². The van der Waals surface area contributed by atoms with Gasteiger partial charge < -0.3 is 13.9 Å². The standard InChI is InChI=1S/C64H42N2O/c1-3-12-43(13-4-1)48-15-11-16-49(40-48)44-22-31-53(32-23-44)65(55-35-26-46(27-36-55)51-30-38-59-58-20-9-10-21-62(58)67-63(59)42-51)54-33-24-45(25-34-54)50-29-37-57-60-39-28-47-14-7-8-19-56(47)64(60)66(61(57)41-50)52-17-5-2-6-18-52/h1-42H. The van der Waals surface area contributed by atoms with E-state index in [0.29, 0.717) is 0 Å². The van der Waals surface area contributed by atoms with Gasteiger partial charge in [0.05, 0.1) is 11.0 Å². The topological polar surface area (TPSA) is 21.3 Å². The molecular weight excluding hydrogens is 813 g/mol. The van der Waals surface area contributed by atoms with E-state index in [0.717, 1.165) is 61.4 Å². The van der Waals surface area contributed by atoms with Gasteiger partial charge in [0.1, 0.15) is 11.2 Å². The minimum absolute atomic E-state index is 0.896. The van der Waals surface area contributed by atoms with Crippen molar-refractivity contribution in [1.82, 2.24) is 4.57 Å². The lowest BCUT2D eigenvalue weighted by Gasteiger charge is -2.26. The van der Waals surface area contributed by atoms with Gasteiger partial charge in [0.25, 0.3) is 0 Å². The first-order valence-electron chi connectivity index (χ1n) is 22.9. The molecule has 0 aliphatic rings. The third kappa shape index (κ3) is 6.76. The fourth-order valence-electron chi connectivity index (χ4n) is 10.1. The first-order chi connectivity index (χ1) is 33.2. The van der Waals surface area contributed by atoms with Gasteiger partial charge in [0, 0.05) is 49.7 Å². The lowest BCUT2D eigenvalue weighted by atomic mass is 9.98. The number of fused-ring (bicyclic) bond motifs is 8. The molecule has 13 rings (SSSR count). The Balaban J connectivity index is 0.889. The number of hydrogen-bond donors (Lipinski definition) is 0. The Hall–Kier alpha value is -8.92. The van der Waals surface area contributed by atoms with E-state index >= 15 is 0 Å². The minimum Gasteiger partial charge on any atom is -0.456 e. The molecule has 13 aromatic rings. The molecule has 0 fully saturated rings. The van der Waals surface area contributed by atoms with Crippen LogP contribution < -0.4 is 4.90 Å². The van der Waals surface area contributed by atoms with E-state index in [1.165, 1.54) is 60.4 Å². The molecule has 2 heterocycles. The molecule has 0 amide bonds. The van der Waals surface area contributed by atoms with Crippen molar-refractivity contribution < 1.29 is 4.42 Å². The predicted molar refractivity (Wildman–Crippen MR) is 282 cm³/mol. The number of anilines is 3. The molecule has 67 heavy (non-hydrogen) atoms. The summed E-state index contributed by atoms with van der Waals surface area (Å²) in [6.45, 7) is 0. The van der Waals surface area contributed by atoms with E-state index in [9.17, 15) is 0 Å². The van der Waals surface area contributed by atoms with E-state index in [1.54, 1.807) is 0 Å². The number of nitrogens with zero attached hydrogens (tertiary/aromatic N) is 2. The van der Waals surface area contributed by atoms with E-state index in [-0.39, 0.29) is 0 Å². The Morgan fingerprint density at radius 3 is 1.40 bits per heavy atom. The Labute approximate surface area is 388 Å². The highest BCUT2D eigenvalue weighted by Gasteiger charge is 2.18. The van der Waals surface area contributed by atoms with Crippen molar-refractivity contribution in [3.63, 3.8) is 0 Å². The van der Waals surface area contributed by atoms with Crippen molar-refractivity contribution in [2.24, 2.45) is 0 Å². The second-order valence-corrected chi connectivity index (χ2v) is 17.3. The molecule has 2 aromatic heterocycles. The van der Waals surface area contributed by atoms with Crippen molar-refractivity contribution in [3.05, 3.63) is 255 Å². The van der Waals surface area contributed by atoms with Gasteiger partial charge in [-0.1, -0.05) is 176 Å². The smallest absolute Gasteiger partial charge is 0.136 e. The summed E-state index contributed by atoms with van der Waals surface area (Å²) in [5.74, 6) is 0. The molecule has 3 nitrogen and oxygen atoms in total. The predicted octanol–water partition coefficient (Wildman–Crippen LogP) is 18.0. The summed E-state index contributed by atoms with van der Waals surface area (Å²) >= 11 is 0. The Morgan fingerprint density at radius 1 is 0.284 bits per heavy atom. The van der Waals surface area contributed by atoms with Gasteiger partial charge in [0.2, 0.25) is 0 Å². The quantitative estimate of drug-likeness (QED) is 0.152. The molecule has 314 valence electrons. The molecule has 0 N–H and O–H groups in total. The first-order valence-corrected chi connectivity index (χ1v) is 22.9. The van der Waals surface area contributed by atoms with Crippen molar-refractivity contribution in [2.75, 3.05) is 4.90 Å².